The van der Waals surface area contributed by atoms with Crippen LogP contribution in [0.15, 0.2) is 16.6 Å². The summed E-state index contributed by atoms with van der Waals surface area (Å²) in [7, 11) is -3.87. The van der Waals surface area contributed by atoms with E-state index in [2.05, 4.69) is 15.0 Å². The number of sulfonamides is 1. The minimum atomic E-state index is -3.87. The lowest BCUT2D eigenvalue weighted by Gasteiger charge is -2.06. The van der Waals surface area contributed by atoms with Crippen molar-refractivity contribution in [3.05, 3.63) is 11.6 Å². The molecule has 4 N–H and O–H groups in total. The third kappa shape index (κ3) is 2.69. The fourth-order valence-electron chi connectivity index (χ4n) is 1.54. The van der Waals surface area contributed by atoms with Crippen molar-refractivity contribution in [2.75, 3.05) is 18.4 Å². The van der Waals surface area contributed by atoms with Crippen molar-refractivity contribution in [3.8, 4) is 0 Å². The lowest BCUT2D eigenvalue weighted by atomic mass is 10.6. The Morgan fingerprint density at radius 2 is 2.32 bits per heavy atom. The number of carbonyl (C=O) groups is 1. The maximum Gasteiger partial charge on any atom is 0.260 e. The summed E-state index contributed by atoms with van der Waals surface area (Å²) in [5, 5.41) is 4.59. The van der Waals surface area contributed by atoms with Crippen LogP contribution in [0.4, 0.5) is 5.82 Å². The van der Waals surface area contributed by atoms with Crippen LogP contribution in [-0.2, 0) is 14.8 Å². The van der Waals surface area contributed by atoms with E-state index in [4.69, 9.17) is 5.73 Å². The van der Waals surface area contributed by atoms with Crippen LogP contribution in [0.1, 0.15) is 6.92 Å². The molecule has 0 aliphatic rings. The summed E-state index contributed by atoms with van der Waals surface area (Å²) in [5.41, 5.74) is 4.94. The Hall–Kier alpha value is -1.65. The number of imidazole rings is 1. The van der Waals surface area contributed by atoms with Gasteiger partial charge >= 0.3 is 0 Å². The van der Waals surface area contributed by atoms with E-state index in [1.165, 1.54) is 15.7 Å². The molecule has 2 aromatic rings. The summed E-state index contributed by atoms with van der Waals surface area (Å²) in [6.07, 6.45) is 1.60. The SMILES string of the molecule is CCNc1nc2sccn2c1S(=O)(=O)NCC(N)=O. The summed E-state index contributed by atoms with van der Waals surface area (Å²) < 4.78 is 28.0. The molecular weight excluding hydrogens is 290 g/mol. The van der Waals surface area contributed by atoms with Gasteiger partial charge in [0, 0.05) is 18.1 Å². The Balaban J connectivity index is 2.49. The fraction of sp³-hybridized carbons (Fsp3) is 0.333. The molecule has 10 heteroatoms. The molecule has 0 fully saturated rings. The lowest BCUT2D eigenvalue weighted by molar-refractivity contribution is -0.116. The molecule has 0 aromatic carbocycles. The van der Waals surface area contributed by atoms with Crippen LogP contribution in [0.3, 0.4) is 0 Å². The van der Waals surface area contributed by atoms with Crippen molar-refractivity contribution in [3.63, 3.8) is 0 Å². The number of hydrogen-bond acceptors (Lipinski definition) is 6. The van der Waals surface area contributed by atoms with Crippen LogP contribution >= 0.6 is 11.3 Å². The van der Waals surface area contributed by atoms with E-state index in [0.717, 1.165) is 0 Å². The highest BCUT2D eigenvalue weighted by Crippen LogP contribution is 2.25. The van der Waals surface area contributed by atoms with Crippen molar-refractivity contribution in [2.24, 2.45) is 5.73 Å². The number of amides is 1. The number of nitrogens with one attached hydrogen (secondary N) is 2. The van der Waals surface area contributed by atoms with Gasteiger partial charge in [-0.05, 0) is 6.92 Å². The minimum Gasteiger partial charge on any atom is -0.369 e. The van der Waals surface area contributed by atoms with Crippen molar-refractivity contribution < 1.29 is 13.2 Å². The third-order valence-electron chi connectivity index (χ3n) is 2.25. The van der Waals surface area contributed by atoms with Crippen LogP contribution in [-0.4, -0.2) is 36.8 Å². The van der Waals surface area contributed by atoms with Gasteiger partial charge < -0.3 is 11.1 Å². The lowest BCUT2D eigenvalue weighted by Crippen LogP contribution is -2.34. The standard InChI is InChI=1S/C9H13N5O3S2/c1-2-11-7-8(14-3-4-18-9(14)13-7)19(16,17)12-5-6(10)15/h3-4,11-12H,2,5H2,1H3,(H2,10,15). The molecule has 0 unspecified atom stereocenters. The summed E-state index contributed by atoms with van der Waals surface area (Å²) in [5.74, 6) is -0.494. The van der Waals surface area contributed by atoms with E-state index >= 15 is 0 Å². The molecule has 104 valence electrons. The van der Waals surface area contributed by atoms with E-state index in [0.29, 0.717) is 11.5 Å². The van der Waals surface area contributed by atoms with Gasteiger partial charge in [0.1, 0.15) is 0 Å². The molecule has 0 atom stereocenters. The zero-order valence-electron chi connectivity index (χ0n) is 10.1. The number of aromatic nitrogens is 2. The second kappa shape index (κ2) is 5.15. The van der Waals surface area contributed by atoms with E-state index in [1.807, 2.05) is 6.92 Å². The first-order chi connectivity index (χ1) is 8.95. The Labute approximate surface area is 113 Å². The molecule has 0 bridgehead atoms. The topological polar surface area (TPSA) is 119 Å². The maximum atomic E-state index is 12.2. The molecule has 0 aliphatic heterocycles. The van der Waals surface area contributed by atoms with Crippen molar-refractivity contribution >= 4 is 38.0 Å². The van der Waals surface area contributed by atoms with E-state index in [-0.39, 0.29) is 10.8 Å². The van der Waals surface area contributed by atoms with Crippen molar-refractivity contribution in [1.82, 2.24) is 14.1 Å². The number of nitrogens with zero attached hydrogens (tertiary/aromatic N) is 2. The molecule has 0 radical (unpaired) electrons. The molecule has 2 heterocycles. The Kier molecular flexibility index (Phi) is 3.73. The Bertz CT molecular complexity index is 703. The van der Waals surface area contributed by atoms with Crippen LogP contribution < -0.4 is 15.8 Å². The first kappa shape index (κ1) is 13.8. The second-order valence-corrected chi connectivity index (χ2v) is 6.20. The Morgan fingerprint density at radius 3 is 2.95 bits per heavy atom. The molecule has 0 aliphatic carbocycles. The predicted molar refractivity (Wildman–Crippen MR) is 71.6 cm³/mol. The summed E-state index contributed by atoms with van der Waals surface area (Å²) in [6.45, 7) is 1.91. The average Bonchev–Trinajstić information content (AvgIpc) is 2.86. The van der Waals surface area contributed by atoms with Crippen LogP contribution in [0.5, 0.6) is 0 Å². The van der Waals surface area contributed by atoms with Crippen LogP contribution in [0, 0.1) is 0 Å². The normalized spacial score (nSPS) is 11.8. The zero-order valence-corrected chi connectivity index (χ0v) is 11.7. The predicted octanol–water partition coefficient (Wildman–Crippen LogP) is -0.409. The van der Waals surface area contributed by atoms with Gasteiger partial charge in [-0.2, -0.15) is 0 Å². The quantitative estimate of drug-likeness (QED) is 0.670. The van der Waals surface area contributed by atoms with Crippen LogP contribution in [0.25, 0.3) is 4.96 Å². The van der Waals surface area contributed by atoms with Gasteiger partial charge in [0.25, 0.3) is 10.0 Å². The molecule has 0 saturated carbocycles. The van der Waals surface area contributed by atoms with E-state index in [1.54, 1.807) is 11.6 Å². The smallest absolute Gasteiger partial charge is 0.260 e. The molecule has 19 heavy (non-hydrogen) atoms. The van der Waals surface area contributed by atoms with Crippen molar-refractivity contribution in [1.29, 1.82) is 0 Å². The number of rotatable bonds is 6. The first-order valence-corrected chi connectivity index (χ1v) is 7.79. The van der Waals surface area contributed by atoms with E-state index < -0.39 is 22.5 Å². The number of carbonyl (C=O) groups excluding carboxylic acids is 1. The van der Waals surface area contributed by atoms with Gasteiger partial charge in [0.15, 0.2) is 15.8 Å². The van der Waals surface area contributed by atoms with Gasteiger partial charge in [-0.15, -0.1) is 11.3 Å². The highest BCUT2D eigenvalue weighted by molar-refractivity contribution is 7.89. The summed E-state index contributed by atoms with van der Waals surface area (Å²) in [4.78, 5) is 15.4. The van der Waals surface area contributed by atoms with Gasteiger partial charge in [-0.3, -0.25) is 9.20 Å². The molecule has 0 spiro atoms. The molecule has 2 rings (SSSR count). The van der Waals surface area contributed by atoms with Gasteiger partial charge in [0.2, 0.25) is 5.91 Å². The minimum absolute atomic E-state index is 0.0214. The van der Waals surface area contributed by atoms with Crippen molar-refractivity contribution in [2.45, 2.75) is 11.9 Å². The monoisotopic (exact) mass is 303 g/mol. The summed E-state index contributed by atoms with van der Waals surface area (Å²) >= 11 is 1.32. The average molecular weight is 303 g/mol. The molecule has 1 amide bonds. The second-order valence-electron chi connectivity index (χ2n) is 3.64. The maximum absolute atomic E-state index is 12.2. The Morgan fingerprint density at radius 1 is 1.58 bits per heavy atom. The third-order valence-corrected chi connectivity index (χ3v) is 4.43. The number of anilines is 1. The molecule has 0 saturated heterocycles. The zero-order chi connectivity index (χ0) is 14.0. The number of primary amides is 1. The molecular formula is C9H13N5O3S2. The highest BCUT2D eigenvalue weighted by atomic mass is 32.2. The number of nitrogens with two attached hydrogens (primary N) is 1. The number of fused-ring (bicyclic) bond motifs is 1. The van der Waals surface area contributed by atoms with E-state index in [9.17, 15) is 13.2 Å². The van der Waals surface area contributed by atoms with Crippen LogP contribution in [0.2, 0.25) is 0 Å². The van der Waals surface area contributed by atoms with Gasteiger partial charge in [-0.25, -0.2) is 18.1 Å². The molecule has 2 aromatic heterocycles. The number of hydrogen-bond donors (Lipinski definition) is 3. The highest BCUT2D eigenvalue weighted by Gasteiger charge is 2.25. The van der Waals surface area contributed by atoms with Gasteiger partial charge in [0.05, 0.1) is 6.54 Å². The number of thiazole rings is 1. The fourth-order valence-corrected chi connectivity index (χ4v) is 3.56. The first-order valence-electron chi connectivity index (χ1n) is 5.43. The van der Waals surface area contributed by atoms with Gasteiger partial charge in [-0.1, -0.05) is 0 Å². The summed E-state index contributed by atoms with van der Waals surface area (Å²) in [6, 6.07) is 0. The molecule has 8 nitrogen and oxygen atoms in total. The largest absolute Gasteiger partial charge is 0.369 e.